The molecule has 1 atom stereocenters. The number of nitrogens with zero attached hydrogens (tertiary/aromatic N) is 1. The van der Waals surface area contributed by atoms with E-state index in [1.54, 1.807) is 0 Å². The maximum atomic E-state index is 10.5. The molecule has 0 spiro atoms. The van der Waals surface area contributed by atoms with Gasteiger partial charge in [0.15, 0.2) is 0 Å². The Labute approximate surface area is 73.9 Å². The number of fused-ring (bicyclic) bond motifs is 2. The van der Waals surface area contributed by atoms with Crippen molar-refractivity contribution in [1.82, 2.24) is 4.90 Å². The number of carbonyl (C=O) groups is 1. The molecule has 0 radical (unpaired) electrons. The zero-order valence-electron chi connectivity index (χ0n) is 7.70. The minimum atomic E-state index is 0.228. The standard InChI is InChI=1S/C10H17NO/c1-8(7-12)6-11-9-2-3-10(11)5-4-9/h7-10H,2-6H2,1H3. The summed E-state index contributed by atoms with van der Waals surface area (Å²) in [5.41, 5.74) is 0. The normalized spacial score (nSPS) is 37.1. The van der Waals surface area contributed by atoms with Crippen LogP contribution in [0.2, 0.25) is 0 Å². The minimum absolute atomic E-state index is 0.228. The quantitative estimate of drug-likeness (QED) is 0.593. The van der Waals surface area contributed by atoms with Crippen LogP contribution in [0.4, 0.5) is 0 Å². The van der Waals surface area contributed by atoms with Crippen molar-refractivity contribution in [3.63, 3.8) is 0 Å². The van der Waals surface area contributed by atoms with E-state index < -0.39 is 0 Å². The van der Waals surface area contributed by atoms with Crippen molar-refractivity contribution in [2.75, 3.05) is 6.54 Å². The monoisotopic (exact) mass is 167 g/mol. The molecule has 1 unspecified atom stereocenters. The lowest BCUT2D eigenvalue weighted by atomic mass is 10.0. The molecule has 2 aliphatic heterocycles. The van der Waals surface area contributed by atoms with Crippen molar-refractivity contribution in [3.05, 3.63) is 0 Å². The fraction of sp³-hybridized carbons (Fsp3) is 0.900. The lowest BCUT2D eigenvalue weighted by molar-refractivity contribution is -0.111. The number of hydrogen-bond acceptors (Lipinski definition) is 2. The average Bonchev–Trinajstić information content (AvgIpc) is 2.65. The van der Waals surface area contributed by atoms with Crippen LogP contribution in [0.3, 0.4) is 0 Å². The van der Waals surface area contributed by atoms with Crippen LogP contribution < -0.4 is 0 Å². The van der Waals surface area contributed by atoms with Crippen molar-refractivity contribution >= 4 is 6.29 Å². The lowest BCUT2D eigenvalue weighted by Crippen LogP contribution is -2.33. The summed E-state index contributed by atoms with van der Waals surface area (Å²) in [4.78, 5) is 13.1. The molecular weight excluding hydrogens is 150 g/mol. The zero-order valence-corrected chi connectivity index (χ0v) is 7.70. The molecule has 0 aromatic heterocycles. The Balaban J connectivity index is 1.92. The third kappa shape index (κ3) is 1.28. The fourth-order valence-electron chi connectivity index (χ4n) is 2.69. The molecule has 2 aliphatic rings. The molecule has 2 saturated heterocycles. The van der Waals surface area contributed by atoms with E-state index in [2.05, 4.69) is 4.90 Å². The first kappa shape index (κ1) is 8.24. The smallest absolute Gasteiger partial charge is 0.124 e. The van der Waals surface area contributed by atoms with E-state index >= 15 is 0 Å². The Morgan fingerprint density at radius 3 is 2.25 bits per heavy atom. The molecule has 0 aliphatic carbocycles. The molecule has 0 aromatic carbocycles. The zero-order chi connectivity index (χ0) is 8.55. The topological polar surface area (TPSA) is 20.3 Å². The highest BCUT2D eigenvalue weighted by Gasteiger charge is 2.39. The van der Waals surface area contributed by atoms with E-state index in [1.807, 2.05) is 6.92 Å². The summed E-state index contributed by atoms with van der Waals surface area (Å²) in [6.07, 6.45) is 6.57. The van der Waals surface area contributed by atoms with E-state index in [0.29, 0.717) is 0 Å². The largest absolute Gasteiger partial charge is 0.303 e. The molecule has 0 amide bonds. The van der Waals surface area contributed by atoms with Crippen LogP contribution in [0, 0.1) is 5.92 Å². The van der Waals surface area contributed by atoms with Gasteiger partial charge in [0, 0.05) is 24.5 Å². The molecule has 0 aromatic rings. The second-order valence-corrected chi connectivity index (χ2v) is 4.27. The van der Waals surface area contributed by atoms with Crippen LogP contribution in [-0.4, -0.2) is 29.8 Å². The molecule has 2 heteroatoms. The van der Waals surface area contributed by atoms with Gasteiger partial charge in [-0.1, -0.05) is 6.92 Å². The second kappa shape index (κ2) is 3.17. The molecule has 0 saturated carbocycles. The van der Waals surface area contributed by atoms with Crippen molar-refractivity contribution < 1.29 is 4.79 Å². The molecule has 2 heterocycles. The number of rotatable bonds is 3. The van der Waals surface area contributed by atoms with Crippen LogP contribution in [0.1, 0.15) is 32.6 Å². The Hall–Kier alpha value is -0.370. The first-order valence-electron chi connectivity index (χ1n) is 5.02. The molecular formula is C10H17NO. The third-order valence-corrected chi connectivity index (χ3v) is 3.34. The van der Waals surface area contributed by atoms with Gasteiger partial charge in [0.25, 0.3) is 0 Å². The summed E-state index contributed by atoms with van der Waals surface area (Å²) in [7, 11) is 0. The fourth-order valence-corrected chi connectivity index (χ4v) is 2.69. The van der Waals surface area contributed by atoms with Gasteiger partial charge in [-0.3, -0.25) is 4.90 Å². The molecule has 12 heavy (non-hydrogen) atoms. The average molecular weight is 167 g/mol. The van der Waals surface area contributed by atoms with Gasteiger partial charge in [-0.2, -0.15) is 0 Å². The number of aldehydes is 1. The van der Waals surface area contributed by atoms with E-state index in [-0.39, 0.29) is 5.92 Å². The van der Waals surface area contributed by atoms with Crippen LogP contribution in [0.15, 0.2) is 0 Å². The summed E-state index contributed by atoms with van der Waals surface area (Å²) >= 11 is 0. The molecule has 2 bridgehead atoms. The van der Waals surface area contributed by atoms with Gasteiger partial charge in [-0.05, 0) is 25.7 Å². The predicted octanol–water partition coefficient (Wildman–Crippen LogP) is 1.45. The van der Waals surface area contributed by atoms with Gasteiger partial charge < -0.3 is 4.79 Å². The molecule has 2 fully saturated rings. The third-order valence-electron chi connectivity index (χ3n) is 3.34. The summed E-state index contributed by atoms with van der Waals surface area (Å²) in [5.74, 6) is 0.228. The minimum Gasteiger partial charge on any atom is -0.303 e. The predicted molar refractivity (Wildman–Crippen MR) is 48.0 cm³/mol. The molecule has 2 nitrogen and oxygen atoms in total. The molecule has 0 N–H and O–H groups in total. The van der Waals surface area contributed by atoms with E-state index in [9.17, 15) is 4.79 Å². The number of carbonyl (C=O) groups excluding carboxylic acids is 1. The summed E-state index contributed by atoms with van der Waals surface area (Å²) < 4.78 is 0. The molecule has 2 rings (SSSR count). The van der Waals surface area contributed by atoms with Crippen LogP contribution >= 0.6 is 0 Å². The van der Waals surface area contributed by atoms with E-state index in [4.69, 9.17) is 0 Å². The second-order valence-electron chi connectivity index (χ2n) is 4.27. The van der Waals surface area contributed by atoms with Crippen molar-refractivity contribution in [1.29, 1.82) is 0 Å². The Morgan fingerprint density at radius 1 is 1.33 bits per heavy atom. The van der Waals surface area contributed by atoms with Crippen molar-refractivity contribution in [3.8, 4) is 0 Å². The highest BCUT2D eigenvalue weighted by Crippen LogP contribution is 2.37. The van der Waals surface area contributed by atoms with Crippen LogP contribution in [0.25, 0.3) is 0 Å². The van der Waals surface area contributed by atoms with Crippen molar-refractivity contribution in [2.24, 2.45) is 5.92 Å². The maximum absolute atomic E-state index is 10.5. The number of hydrogen-bond donors (Lipinski definition) is 0. The Kier molecular flexibility index (Phi) is 2.18. The summed E-state index contributed by atoms with van der Waals surface area (Å²) in [6.45, 7) is 3.02. The Bertz CT molecular complexity index is 161. The van der Waals surface area contributed by atoms with Gasteiger partial charge in [-0.25, -0.2) is 0 Å². The first-order valence-corrected chi connectivity index (χ1v) is 5.02. The highest BCUT2D eigenvalue weighted by atomic mass is 16.1. The first-order chi connectivity index (χ1) is 5.81. The van der Waals surface area contributed by atoms with Crippen LogP contribution in [0.5, 0.6) is 0 Å². The van der Waals surface area contributed by atoms with E-state index in [0.717, 1.165) is 24.9 Å². The summed E-state index contributed by atoms with van der Waals surface area (Å²) in [5, 5.41) is 0. The van der Waals surface area contributed by atoms with Gasteiger partial charge >= 0.3 is 0 Å². The summed E-state index contributed by atoms with van der Waals surface area (Å²) in [6, 6.07) is 1.63. The van der Waals surface area contributed by atoms with Gasteiger partial charge in [0.2, 0.25) is 0 Å². The maximum Gasteiger partial charge on any atom is 0.124 e. The molecule has 68 valence electrons. The van der Waals surface area contributed by atoms with Gasteiger partial charge in [-0.15, -0.1) is 0 Å². The van der Waals surface area contributed by atoms with E-state index in [1.165, 1.54) is 25.7 Å². The van der Waals surface area contributed by atoms with Crippen molar-refractivity contribution in [2.45, 2.75) is 44.7 Å². The highest BCUT2D eigenvalue weighted by molar-refractivity contribution is 5.53. The SMILES string of the molecule is CC(C=O)CN1C2CCC1CC2. The Morgan fingerprint density at radius 2 is 1.83 bits per heavy atom. The van der Waals surface area contributed by atoms with Crippen LogP contribution in [-0.2, 0) is 4.79 Å². The lowest BCUT2D eigenvalue weighted by Gasteiger charge is -2.22. The van der Waals surface area contributed by atoms with Gasteiger partial charge in [0.05, 0.1) is 0 Å². The van der Waals surface area contributed by atoms with Gasteiger partial charge in [0.1, 0.15) is 6.29 Å².